The zero-order chi connectivity index (χ0) is 20.7. The van der Waals surface area contributed by atoms with Crippen molar-refractivity contribution in [2.75, 3.05) is 5.32 Å². The van der Waals surface area contributed by atoms with Crippen molar-refractivity contribution in [1.29, 1.82) is 0 Å². The van der Waals surface area contributed by atoms with E-state index < -0.39 is 9.84 Å². The first kappa shape index (κ1) is 21.6. The average molecular weight is 414 g/mol. The number of benzene rings is 2. The normalized spacial score (nSPS) is 16.3. The molecule has 0 radical (unpaired) electrons. The maximum atomic E-state index is 12.7. The maximum Gasteiger partial charge on any atom is 0.224 e. The van der Waals surface area contributed by atoms with Crippen LogP contribution in [0.15, 0.2) is 54.6 Å². The van der Waals surface area contributed by atoms with Crippen molar-refractivity contribution in [3.8, 4) is 0 Å². The SMILES string of the molecule is CCC(CC(=O)Nc1cccc(CS(=O)(=O)C2CCCCC2)c1)c1ccccc1. The quantitative estimate of drug-likeness (QED) is 0.625. The third kappa shape index (κ3) is 6.17. The lowest BCUT2D eigenvalue weighted by Crippen LogP contribution is -2.25. The molecule has 2 aromatic carbocycles. The summed E-state index contributed by atoms with van der Waals surface area (Å²) in [5.74, 6) is 0.169. The molecular formula is C24H31NO3S. The minimum absolute atomic E-state index is 0.0446. The zero-order valence-corrected chi connectivity index (χ0v) is 18.0. The monoisotopic (exact) mass is 413 g/mol. The van der Waals surface area contributed by atoms with Crippen LogP contribution in [0.2, 0.25) is 0 Å². The highest BCUT2D eigenvalue weighted by atomic mass is 32.2. The summed E-state index contributed by atoms with van der Waals surface area (Å²) in [5, 5.41) is 2.73. The van der Waals surface area contributed by atoms with Crippen LogP contribution in [-0.4, -0.2) is 19.6 Å². The largest absolute Gasteiger partial charge is 0.326 e. The molecule has 156 valence electrons. The summed E-state index contributed by atoms with van der Waals surface area (Å²) in [6, 6.07) is 17.3. The topological polar surface area (TPSA) is 63.2 Å². The lowest BCUT2D eigenvalue weighted by atomic mass is 9.93. The van der Waals surface area contributed by atoms with E-state index in [0.29, 0.717) is 12.1 Å². The number of hydrogen-bond acceptors (Lipinski definition) is 3. The van der Waals surface area contributed by atoms with Crippen LogP contribution in [0.4, 0.5) is 5.69 Å². The van der Waals surface area contributed by atoms with Crippen LogP contribution in [0, 0.1) is 0 Å². The summed E-state index contributed by atoms with van der Waals surface area (Å²) in [6.45, 7) is 2.09. The summed E-state index contributed by atoms with van der Waals surface area (Å²) < 4.78 is 25.5. The Balaban J connectivity index is 1.62. The molecule has 29 heavy (non-hydrogen) atoms. The van der Waals surface area contributed by atoms with E-state index in [1.54, 1.807) is 6.07 Å². The highest BCUT2D eigenvalue weighted by Gasteiger charge is 2.27. The smallest absolute Gasteiger partial charge is 0.224 e. The molecule has 1 unspecified atom stereocenters. The highest BCUT2D eigenvalue weighted by molar-refractivity contribution is 7.91. The molecule has 1 aliphatic rings. The van der Waals surface area contributed by atoms with Gasteiger partial charge in [-0.3, -0.25) is 4.79 Å². The van der Waals surface area contributed by atoms with Gasteiger partial charge in [0.1, 0.15) is 0 Å². The molecule has 1 fully saturated rings. The second-order valence-electron chi connectivity index (χ2n) is 8.04. The Bertz CT molecular complexity index is 903. The first-order chi connectivity index (χ1) is 14.0. The molecular weight excluding hydrogens is 382 g/mol. The van der Waals surface area contributed by atoms with Crippen LogP contribution < -0.4 is 5.32 Å². The molecule has 0 aromatic heterocycles. The van der Waals surface area contributed by atoms with E-state index in [1.807, 2.05) is 36.4 Å². The molecule has 0 spiro atoms. The summed E-state index contributed by atoms with van der Waals surface area (Å²) in [6.07, 6.45) is 5.98. The molecule has 0 heterocycles. The minimum Gasteiger partial charge on any atom is -0.326 e. The van der Waals surface area contributed by atoms with Crippen LogP contribution in [0.5, 0.6) is 0 Å². The van der Waals surface area contributed by atoms with Gasteiger partial charge in [0, 0.05) is 12.1 Å². The Morgan fingerprint density at radius 2 is 1.76 bits per heavy atom. The molecule has 1 atom stereocenters. The van der Waals surface area contributed by atoms with Crippen molar-refractivity contribution in [3.63, 3.8) is 0 Å². The Labute approximate surface area is 174 Å². The number of anilines is 1. The van der Waals surface area contributed by atoms with E-state index in [-0.39, 0.29) is 22.8 Å². The number of hydrogen-bond donors (Lipinski definition) is 1. The molecule has 1 N–H and O–H groups in total. The molecule has 1 aliphatic carbocycles. The summed E-state index contributed by atoms with van der Waals surface area (Å²) in [4.78, 5) is 12.6. The molecule has 1 saturated carbocycles. The van der Waals surface area contributed by atoms with Gasteiger partial charge < -0.3 is 5.32 Å². The van der Waals surface area contributed by atoms with Gasteiger partial charge in [-0.15, -0.1) is 0 Å². The van der Waals surface area contributed by atoms with E-state index in [9.17, 15) is 13.2 Å². The standard InChI is InChI=1S/C24H31NO3S/c1-2-20(21-11-5-3-6-12-21)17-24(26)25-22-13-9-10-19(16-22)18-29(27,28)23-14-7-4-8-15-23/h3,5-6,9-13,16,20,23H,2,4,7-8,14-15,17-18H2,1H3,(H,25,26). The van der Waals surface area contributed by atoms with Crippen molar-refractivity contribution in [2.45, 2.75) is 68.8 Å². The number of rotatable bonds is 8. The van der Waals surface area contributed by atoms with Gasteiger partial charge in [-0.1, -0.05) is 68.7 Å². The van der Waals surface area contributed by atoms with Crippen molar-refractivity contribution in [3.05, 3.63) is 65.7 Å². The Morgan fingerprint density at radius 1 is 1.03 bits per heavy atom. The number of carbonyl (C=O) groups is 1. The van der Waals surface area contributed by atoms with Crippen molar-refractivity contribution >= 4 is 21.4 Å². The Hall–Kier alpha value is -2.14. The second-order valence-corrected chi connectivity index (χ2v) is 10.3. The molecule has 0 bridgehead atoms. The summed E-state index contributed by atoms with van der Waals surface area (Å²) in [5.41, 5.74) is 2.57. The first-order valence-corrected chi connectivity index (χ1v) is 12.3. The predicted molar refractivity (Wildman–Crippen MR) is 119 cm³/mol. The van der Waals surface area contributed by atoms with Gasteiger partial charge in [0.2, 0.25) is 5.91 Å². The third-order valence-corrected chi connectivity index (χ3v) is 8.06. The number of sulfone groups is 1. The van der Waals surface area contributed by atoms with Crippen LogP contribution in [-0.2, 0) is 20.4 Å². The molecule has 1 amide bonds. The van der Waals surface area contributed by atoms with Crippen LogP contribution >= 0.6 is 0 Å². The van der Waals surface area contributed by atoms with E-state index in [0.717, 1.165) is 49.7 Å². The van der Waals surface area contributed by atoms with Gasteiger partial charge in [-0.05, 0) is 48.4 Å². The van der Waals surface area contributed by atoms with Gasteiger partial charge in [-0.2, -0.15) is 0 Å². The minimum atomic E-state index is -3.15. The van der Waals surface area contributed by atoms with Crippen LogP contribution in [0.25, 0.3) is 0 Å². The number of carbonyl (C=O) groups excluding carboxylic acids is 1. The lowest BCUT2D eigenvalue weighted by molar-refractivity contribution is -0.116. The summed E-state index contributed by atoms with van der Waals surface area (Å²) in [7, 11) is -3.15. The zero-order valence-electron chi connectivity index (χ0n) is 17.1. The third-order valence-electron chi connectivity index (χ3n) is 5.83. The van der Waals surface area contributed by atoms with Crippen molar-refractivity contribution in [1.82, 2.24) is 0 Å². The van der Waals surface area contributed by atoms with E-state index in [1.165, 1.54) is 0 Å². The van der Waals surface area contributed by atoms with Gasteiger partial charge in [0.25, 0.3) is 0 Å². The van der Waals surface area contributed by atoms with Crippen LogP contribution in [0.3, 0.4) is 0 Å². The Morgan fingerprint density at radius 3 is 2.45 bits per heavy atom. The van der Waals surface area contributed by atoms with E-state index in [2.05, 4.69) is 24.4 Å². The molecule has 0 saturated heterocycles. The molecule has 4 nitrogen and oxygen atoms in total. The van der Waals surface area contributed by atoms with Crippen molar-refractivity contribution in [2.24, 2.45) is 0 Å². The molecule has 0 aliphatic heterocycles. The van der Waals surface area contributed by atoms with Gasteiger partial charge in [0.05, 0.1) is 11.0 Å². The Kier molecular flexibility index (Phi) is 7.48. The fourth-order valence-corrected chi connectivity index (χ4v) is 6.10. The van der Waals surface area contributed by atoms with E-state index >= 15 is 0 Å². The highest BCUT2D eigenvalue weighted by Crippen LogP contribution is 2.27. The number of nitrogens with one attached hydrogen (secondary N) is 1. The molecule has 2 aromatic rings. The van der Waals surface area contributed by atoms with Crippen molar-refractivity contribution < 1.29 is 13.2 Å². The number of amides is 1. The fourth-order valence-electron chi connectivity index (χ4n) is 4.17. The summed E-state index contributed by atoms with van der Waals surface area (Å²) >= 11 is 0. The average Bonchev–Trinajstić information content (AvgIpc) is 2.73. The molecule has 5 heteroatoms. The van der Waals surface area contributed by atoms with Crippen LogP contribution in [0.1, 0.15) is 68.9 Å². The van der Waals surface area contributed by atoms with Gasteiger partial charge in [-0.25, -0.2) is 8.42 Å². The van der Waals surface area contributed by atoms with Gasteiger partial charge in [0.15, 0.2) is 9.84 Å². The maximum absolute atomic E-state index is 12.7. The second kappa shape index (κ2) is 10.1. The predicted octanol–water partition coefficient (Wildman–Crippen LogP) is 5.46. The van der Waals surface area contributed by atoms with Gasteiger partial charge >= 0.3 is 0 Å². The molecule has 3 rings (SSSR count). The fraction of sp³-hybridized carbons (Fsp3) is 0.458. The van der Waals surface area contributed by atoms with E-state index in [4.69, 9.17) is 0 Å². The first-order valence-electron chi connectivity index (χ1n) is 10.6. The lowest BCUT2D eigenvalue weighted by Gasteiger charge is -2.21.